The van der Waals surface area contributed by atoms with Gasteiger partial charge in [-0.2, -0.15) is 0 Å². The summed E-state index contributed by atoms with van der Waals surface area (Å²) in [5.74, 6) is -1.02. The van der Waals surface area contributed by atoms with E-state index < -0.39 is 28.8 Å². The first-order valence-corrected chi connectivity index (χ1v) is 10.2. The lowest BCUT2D eigenvalue weighted by molar-refractivity contribution is -0.170. The summed E-state index contributed by atoms with van der Waals surface area (Å²) in [7, 11) is 0. The molecule has 2 heterocycles. The van der Waals surface area contributed by atoms with E-state index in [9.17, 15) is 14.7 Å². The van der Waals surface area contributed by atoms with E-state index in [1.165, 1.54) is 0 Å². The van der Waals surface area contributed by atoms with Crippen LogP contribution in [0.1, 0.15) is 31.1 Å². The molecule has 5 nitrogen and oxygen atoms in total. The van der Waals surface area contributed by atoms with E-state index in [0.29, 0.717) is 0 Å². The third-order valence-electron chi connectivity index (χ3n) is 5.41. The summed E-state index contributed by atoms with van der Waals surface area (Å²) in [6.07, 6.45) is -0.542. The minimum atomic E-state index is -0.673. The molecule has 4 rings (SSSR count). The van der Waals surface area contributed by atoms with E-state index in [2.05, 4.69) is 0 Å². The minimum Gasteiger partial charge on any atom is -0.451 e. The summed E-state index contributed by atoms with van der Waals surface area (Å²) in [6, 6.07) is 18.5. The highest BCUT2D eigenvalue weighted by Gasteiger charge is 2.63. The van der Waals surface area contributed by atoms with Crippen LogP contribution in [0.25, 0.3) is 0 Å². The fraction of sp³-hybridized carbons (Fsp3) is 0.364. The number of hydrogen-bond acceptors (Lipinski definition) is 5. The SMILES string of the molecule is CC1(C)S[C@@H]2[C@@H](CO)C(=O)N2[C@H]1C(=O)OC(c1ccccc1)c1ccccc1. The molecule has 2 fully saturated rings. The molecular formula is C22H23NO4S. The van der Waals surface area contributed by atoms with Gasteiger partial charge in [0, 0.05) is 4.75 Å². The zero-order valence-electron chi connectivity index (χ0n) is 15.8. The Hall–Kier alpha value is -2.31. The fourth-order valence-electron chi connectivity index (χ4n) is 4.00. The molecule has 28 heavy (non-hydrogen) atoms. The Morgan fingerprint density at radius 1 is 1.11 bits per heavy atom. The molecule has 0 aromatic heterocycles. The number of nitrogens with zero attached hydrogens (tertiary/aromatic N) is 1. The van der Waals surface area contributed by atoms with Crippen LogP contribution < -0.4 is 0 Å². The lowest BCUT2D eigenvalue weighted by Gasteiger charge is -2.43. The zero-order valence-corrected chi connectivity index (χ0v) is 16.6. The third kappa shape index (κ3) is 3.10. The van der Waals surface area contributed by atoms with Crippen LogP contribution >= 0.6 is 11.8 Å². The number of fused-ring (bicyclic) bond motifs is 1. The van der Waals surface area contributed by atoms with Crippen molar-refractivity contribution in [2.24, 2.45) is 5.92 Å². The Balaban J connectivity index is 1.62. The molecule has 6 heteroatoms. The first kappa shape index (κ1) is 19.0. The first-order valence-electron chi connectivity index (χ1n) is 9.35. The van der Waals surface area contributed by atoms with Gasteiger partial charge in [-0.15, -0.1) is 11.8 Å². The number of carbonyl (C=O) groups is 2. The van der Waals surface area contributed by atoms with Gasteiger partial charge in [-0.3, -0.25) is 4.79 Å². The Kier molecular flexibility index (Phi) is 4.93. The number of hydrogen-bond donors (Lipinski definition) is 1. The Morgan fingerprint density at radius 2 is 1.64 bits per heavy atom. The second kappa shape index (κ2) is 7.26. The summed E-state index contributed by atoms with van der Waals surface area (Å²) < 4.78 is 5.52. The van der Waals surface area contributed by atoms with Gasteiger partial charge < -0.3 is 14.7 Å². The van der Waals surface area contributed by atoms with E-state index in [1.807, 2.05) is 74.5 Å². The van der Waals surface area contributed by atoms with Gasteiger partial charge in [-0.1, -0.05) is 60.7 Å². The summed E-state index contributed by atoms with van der Waals surface area (Å²) in [6.45, 7) is 3.70. The molecular weight excluding hydrogens is 374 g/mol. The molecule has 146 valence electrons. The van der Waals surface area contributed by atoms with Crippen LogP contribution in [0.15, 0.2) is 60.7 Å². The molecule has 0 aliphatic carbocycles. The Labute approximate surface area is 168 Å². The van der Waals surface area contributed by atoms with Crippen LogP contribution in [0.4, 0.5) is 0 Å². The second-order valence-electron chi connectivity index (χ2n) is 7.69. The van der Waals surface area contributed by atoms with E-state index in [4.69, 9.17) is 4.74 Å². The van der Waals surface area contributed by atoms with Gasteiger partial charge in [0.15, 0.2) is 6.10 Å². The van der Waals surface area contributed by atoms with Crippen LogP contribution in [0.2, 0.25) is 0 Å². The number of benzene rings is 2. The number of thioether (sulfide) groups is 1. The minimum absolute atomic E-state index is 0.169. The molecule has 2 aliphatic heterocycles. The van der Waals surface area contributed by atoms with Crippen molar-refractivity contribution in [3.63, 3.8) is 0 Å². The summed E-state index contributed by atoms with van der Waals surface area (Å²) in [5.41, 5.74) is 1.76. The predicted molar refractivity (Wildman–Crippen MR) is 107 cm³/mol. The molecule has 2 aliphatic rings. The van der Waals surface area contributed by atoms with Gasteiger partial charge in [0.05, 0.1) is 17.9 Å². The molecule has 0 saturated carbocycles. The summed E-state index contributed by atoms with van der Waals surface area (Å²) in [5, 5.41) is 9.29. The highest BCUT2D eigenvalue weighted by Crippen LogP contribution is 2.53. The van der Waals surface area contributed by atoms with Crippen LogP contribution in [-0.2, 0) is 14.3 Å². The third-order valence-corrected chi connectivity index (χ3v) is 7.04. The van der Waals surface area contributed by atoms with Gasteiger partial charge in [-0.25, -0.2) is 4.79 Å². The van der Waals surface area contributed by atoms with Gasteiger partial charge in [-0.05, 0) is 25.0 Å². The quantitative estimate of drug-likeness (QED) is 0.621. The number of esters is 1. The highest BCUT2D eigenvalue weighted by molar-refractivity contribution is 8.01. The molecule has 1 amide bonds. The van der Waals surface area contributed by atoms with Gasteiger partial charge >= 0.3 is 5.97 Å². The van der Waals surface area contributed by atoms with Crippen molar-refractivity contribution in [2.75, 3.05) is 6.61 Å². The summed E-state index contributed by atoms with van der Waals surface area (Å²) in [4.78, 5) is 27.3. The van der Waals surface area contributed by atoms with Gasteiger partial charge in [0.2, 0.25) is 5.91 Å². The second-order valence-corrected chi connectivity index (χ2v) is 9.46. The molecule has 0 bridgehead atoms. The first-order chi connectivity index (χ1) is 13.4. The van der Waals surface area contributed by atoms with E-state index >= 15 is 0 Å². The van der Waals surface area contributed by atoms with Crippen molar-refractivity contribution >= 4 is 23.6 Å². The van der Waals surface area contributed by atoms with E-state index in [-0.39, 0.29) is 17.9 Å². The average molecular weight is 397 g/mol. The number of β-lactam (4-membered cyclic amide) rings is 1. The fourth-order valence-corrected chi connectivity index (χ4v) is 5.67. The van der Waals surface area contributed by atoms with Crippen molar-refractivity contribution in [3.8, 4) is 0 Å². The molecule has 0 radical (unpaired) electrons. The zero-order chi connectivity index (χ0) is 19.9. The van der Waals surface area contributed by atoms with Crippen molar-refractivity contribution in [2.45, 2.75) is 36.1 Å². The van der Waals surface area contributed by atoms with Crippen molar-refractivity contribution in [1.82, 2.24) is 4.90 Å². The molecule has 0 spiro atoms. The Morgan fingerprint density at radius 3 is 2.14 bits per heavy atom. The van der Waals surface area contributed by atoms with E-state index in [1.54, 1.807) is 16.7 Å². The standard InChI is InChI=1S/C22H23NO4S/c1-22(2)18(23-19(25)16(13-24)20(23)28-22)21(26)27-17(14-9-5-3-6-10-14)15-11-7-4-8-12-15/h3-12,16-18,20,24H,13H2,1-2H3/t16-,18-,20+/m0/s1. The van der Waals surface area contributed by atoms with Crippen LogP contribution in [-0.4, -0.2) is 44.7 Å². The molecule has 3 atom stereocenters. The Bertz CT molecular complexity index is 831. The summed E-state index contributed by atoms with van der Waals surface area (Å²) >= 11 is 1.55. The number of amides is 1. The van der Waals surface area contributed by atoms with Crippen molar-refractivity contribution in [3.05, 3.63) is 71.8 Å². The molecule has 1 N–H and O–H groups in total. The number of carbonyl (C=O) groups excluding carboxylic acids is 2. The largest absolute Gasteiger partial charge is 0.451 e. The topological polar surface area (TPSA) is 66.8 Å². The number of aliphatic hydroxyl groups is 1. The maximum Gasteiger partial charge on any atom is 0.331 e. The van der Waals surface area contributed by atoms with Crippen molar-refractivity contribution in [1.29, 1.82) is 0 Å². The van der Waals surface area contributed by atoms with Crippen LogP contribution in [0.5, 0.6) is 0 Å². The molecule has 2 aromatic rings. The normalized spacial score (nSPS) is 25.4. The van der Waals surface area contributed by atoms with Gasteiger partial charge in [0.1, 0.15) is 6.04 Å². The molecule has 2 saturated heterocycles. The molecule has 0 unspecified atom stereocenters. The number of ether oxygens (including phenoxy) is 1. The van der Waals surface area contributed by atoms with E-state index in [0.717, 1.165) is 11.1 Å². The number of aliphatic hydroxyl groups excluding tert-OH is 1. The van der Waals surface area contributed by atoms with Gasteiger partial charge in [0.25, 0.3) is 0 Å². The van der Waals surface area contributed by atoms with Crippen LogP contribution in [0.3, 0.4) is 0 Å². The average Bonchev–Trinajstić information content (AvgIpc) is 2.95. The lowest BCUT2D eigenvalue weighted by atomic mass is 9.92. The maximum atomic E-state index is 13.3. The smallest absolute Gasteiger partial charge is 0.331 e. The maximum absolute atomic E-state index is 13.3. The number of rotatable bonds is 5. The predicted octanol–water partition coefficient (Wildman–Crippen LogP) is 2.99. The highest BCUT2D eigenvalue weighted by atomic mass is 32.2. The van der Waals surface area contributed by atoms with Crippen molar-refractivity contribution < 1.29 is 19.4 Å². The monoisotopic (exact) mass is 397 g/mol. The lowest BCUT2D eigenvalue weighted by Crippen LogP contribution is -2.63. The van der Waals surface area contributed by atoms with Crippen LogP contribution in [0, 0.1) is 5.92 Å². The molecule has 2 aromatic carbocycles.